The number of methoxy groups -OCH3 is 2. The first kappa shape index (κ1) is 36.6. The van der Waals surface area contributed by atoms with Crippen LogP contribution in [0.3, 0.4) is 0 Å². The van der Waals surface area contributed by atoms with Gasteiger partial charge < -0.3 is 19.3 Å². The maximum Gasteiger partial charge on any atom is 0.143 e. The van der Waals surface area contributed by atoms with Crippen LogP contribution in [0.15, 0.2) is 78.9 Å². The van der Waals surface area contributed by atoms with Crippen molar-refractivity contribution in [3.63, 3.8) is 0 Å². The highest BCUT2D eigenvalue weighted by Gasteiger charge is 2.37. The SMILES string of the molecule is CCC(O)CCCCCCCCCCCCCCCCCOC(c1ccccc1)(c1ccc(OC)cc1)c1ccc(OC)cc1. The Balaban J connectivity index is 1.39. The van der Waals surface area contributed by atoms with E-state index in [9.17, 15) is 5.11 Å². The van der Waals surface area contributed by atoms with E-state index in [0.717, 1.165) is 47.5 Å². The highest BCUT2D eigenvalue weighted by molar-refractivity contribution is 5.49. The Bertz CT molecular complexity index is 1080. The first-order chi connectivity index (χ1) is 22.1. The van der Waals surface area contributed by atoms with Crippen molar-refractivity contribution < 1.29 is 19.3 Å². The van der Waals surface area contributed by atoms with E-state index < -0.39 is 5.60 Å². The van der Waals surface area contributed by atoms with Gasteiger partial charge in [-0.25, -0.2) is 0 Å². The Hall–Kier alpha value is -2.82. The number of aliphatic hydroxyl groups is 1. The van der Waals surface area contributed by atoms with Crippen molar-refractivity contribution >= 4 is 0 Å². The van der Waals surface area contributed by atoms with E-state index in [4.69, 9.17) is 14.2 Å². The summed E-state index contributed by atoms with van der Waals surface area (Å²) in [5, 5.41) is 9.63. The van der Waals surface area contributed by atoms with Crippen molar-refractivity contribution in [2.24, 2.45) is 0 Å². The van der Waals surface area contributed by atoms with Gasteiger partial charge in [-0.3, -0.25) is 0 Å². The standard InChI is InChI=1S/C41H60O4/c1-4-38(42)25-21-16-14-12-10-8-6-5-7-9-11-13-15-17-22-34-45-41(35-23-19-18-20-24-35,36-26-30-39(43-2)31-27-36)37-28-32-40(44-3)33-29-37/h18-20,23-24,26-33,38,42H,4-17,21-22,25,34H2,1-3H3. The molecular weight excluding hydrogens is 556 g/mol. The minimum absolute atomic E-state index is 0.0827. The molecule has 1 atom stereocenters. The summed E-state index contributed by atoms with van der Waals surface area (Å²) in [5.41, 5.74) is 2.56. The first-order valence-electron chi connectivity index (χ1n) is 17.8. The fourth-order valence-electron chi connectivity index (χ4n) is 6.28. The van der Waals surface area contributed by atoms with E-state index in [2.05, 4.69) is 61.5 Å². The Morgan fingerprint density at radius 3 is 1.29 bits per heavy atom. The van der Waals surface area contributed by atoms with Crippen LogP contribution in [0.25, 0.3) is 0 Å². The fourth-order valence-corrected chi connectivity index (χ4v) is 6.28. The molecule has 0 aliphatic carbocycles. The average molecular weight is 617 g/mol. The summed E-state index contributed by atoms with van der Waals surface area (Å²) in [4.78, 5) is 0. The average Bonchev–Trinajstić information content (AvgIpc) is 3.10. The van der Waals surface area contributed by atoms with Crippen LogP contribution in [0.4, 0.5) is 0 Å². The lowest BCUT2D eigenvalue weighted by Gasteiger charge is -2.36. The van der Waals surface area contributed by atoms with E-state index in [-0.39, 0.29) is 6.10 Å². The van der Waals surface area contributed by atoms with Crippen LogP contribution >= 0.6 is 0 Å². The van der Waals surface area contributed by atoms with Gasteiger partial charge in [0.05, 0.1) is 20.3 Å². The molecule has 0 saturated carbocycles. The van der Waals surface area contributed by atoms with E-state index in [1.807, 2.05) is 24.3 Å². The molecule has 3 aromatic rings. The number of rotatable bonds is 25. The number of aliphatic hydroxyl groups excluding tert-OH is 1. The molecule has 4 nitrogen and oxygen atoms in total. The van der Waals surface area contributed by atoms with Crippen molar-refractivity contribution in [3.05, 3.63) is 95.6 Å². The van der Waals surface area contributed by atoms with E-state index in [1.165, 1.54) is 89.9 Å². The van der Waals surface area contributed by atoms with Crippen LogP contribution in [-0.2, 0) is 10.3 Å². The third kappa shape index (κ3) is 12.5. The molecule has 0 heterocycles. The van der Waals surface area contributed by atoms with Gasteiger partial charge in [-0.2, -0.15) is 0 Å². The highest BCUT2D eigenvalue weighted by Crippen LogP contribution is 2.41. The zero-order valence-electron chi connectivity index (χ0n) is 28.5. The van der Waals surface area contributed by atoms with Crippen LogP contribution in [0.5, 0.6) is 11.5 Å². The third-order valence-electron chi connectivity index (χ3n) is 9.14. The fraction of sp³-hybridized carbons (Fsp3) is 0.561. The highest BCUT2D eigenvalue weighted by atomic mass is 16.5. The maximum atomic E-state index is 9.63. The Morgan fingerprint density at radius 1 is 0.511 bits per heavy atom. The molecule has 0 bridgehead atoms. The summed E-state index contributed by atoms with van der Waals surface area (Å²) in [7, 11) is 3.40. The van der Waals surface area contributed by atoms with Crippen molar-refractivity contribution in [2.75, 3.05) is 20.8 Å². The van der Waals surface area contributed by atoms with Gasteiger partial charge in [0.25, 0.3) is 0 Å². The normalized spacial score (nSPS) is 12.3. The largest absolute Gasteiger partial charge is 0.497 e. The van der Waals surface area contributed by atoms with E-state index in [1.54, 1.807) is 14.2 Å². The van der Waals surface area contributed by atoms with Crippen molar-refractivity contribution in [2.45, 2.75) is 128 Å². The van der Waals surface area contributed by atoms with Gasteiger partial charge in [0.2, 0.25) is 0 Å². The topological polar surface area (TPSA) is 47.9 Å². The zero-order chi connectivity index (χ0) is 32.0. The molecule has 0 aliphatic heterocycles. The third-order valence-corrected chi connectivity index (χ3v) is 9.14. The quantitative estimate of drug-likeness (QED) is 0.0760. The monoisotopic (exact) mass is 616 g/mol. The van der Waals surface area contributed by atoms with Crippen LogP contribution in [0.1, 0.15) is 133 Å². The molecular formula is C41H60O4. The van der Waals surface area contributed by atoms with E-state index >= 15 is 0 Å². The summed E-state index contributed by atoms with van der Waals surface area (Å²) in [6.07, 6.45) is 21.4. The predicted octanol–water partition coefficient (Wildman–Crippen LogP) is 11.0. The predicted molar refractivity (Wildman–Crippen MR) is 188 cm³/mol. The zero-order valence-corrected chi connectivity index (χ0v) is 28.5. The van der Waals surface area contributed by atoms with Crippen LogP contribution in [0, 0.1) is 0 Å². The number of ether oxygens (including phenoxy) is 3. The number of benzene rings is 3. The van der Waals surface area contributed by atoms with Crippen molar-refractivity contribution in [1.82, 2.24) is 0 Å². The van der Waals surface area contributed by atoms with Gasteiger partial charge in [0, 0.05) is 6.61 Å². The smallest absolute Gasteiger partial charge is 0.143 e. The lowest BCUT2D eigenvalue weighted by molar-refractivity contribution is 0.0106. The Labute approximate surface area is 274 Å². The van der Waals surface area contributed by atoms with Gasteiger partial charge in [0.1, 0.15) is 17.1 Å². The second kappa shape index (κ2) is 21.8. The van der Waals surface area contributed by atoms with Crippen LogP contribution < -0.4 is 9.47 Å². The molecule has 0 fully saturated rings. The molecule has 0 radical (unpaired) electrons. The Morgan fingerprint density at radius 2 is 0.889 bits per heavy atom. The lowest BCUT2D eigenvalue weighted by atomic mass is 9.80. The summed E-state index contributed by atoms with van der Waals surface area (Å²) >= 11 is 0. The first-order valence-corrected chi connectivity index (χ1v) is 17.8. The second-order valence-electron chi connectivity index (χ2n) is 12.5. The number of hydrogen-bond acceptors (Lipinski definition) is 4. The van der Waals surface area contributed by atoms with Crippen molar-refractivity contribution in [1.29, 1.82) is 0 Å². The summed E-state index contributed by atoms with van der Waals surface area (Å²) in [6.45, 7) is 2.75. The number of hydrogen-bond donors (Lipinski definition) is 1. The summed E-state index contributed by atoms with van der Waals surface area (Å²) < 4.78 is 17.9. The molecule has 3 aromatic carbocycles. The van der Waals surface area contributed by atoms with Gasteiger partial charge >= 0.3 is 0 Å². The molecule has 0 aromatic heterocycles. The van der Waals surface area contributed by atoms with Gasteiger partial charge in [0.15, 0.2) is 0 Å². The molecule has 1 unspecified atom stereocenters. The Kier molecular flexibility index (Phi) is 17.8. The molecule has 248 valence electrons. The van der Waals surface area contributed by atoms with Gasteiger partial charge in [-0.05, 0) is 60.2 Å². The molecule has 45 heavy (non-hydrogen) atoms. The van der Waals surface area contributed by atoms with Gasteiger partial charge in [-0.1, -0.05) is 151 Å². The van der Waals surface area contributed by atoms with Crippen molar-refractivity contribution in [3.8, 4) is 11.5 Å². The van der Waals surface area contributed by atoms with Crippen LogP contribution in [0.2, 0.25) is 0 Å². The minimum Gasteiger partial charge on any atom is -0.497 e. The van der Waals surface area contributed by atoms with Gasteiger partial charge in [-0.15, -0.1) is 0 Å². The molecule has 4 heteroatoms. The molecule has 0 saturated heterocycles. The lowest BCUT2D eigenvalue weighted by Crippen LogP contribution is -2.33. The molecule has 1 N–H and O–H groups in total. The van der Waals surface area contributed by atoms with E-state index in [0.29, 0.717) is 6.61 Å². The molecule has 0 amide bonds. The maximum absolute atomic E-state index is 9.63. The number of unbranched alkanes of at least 4 members (excludes halogenated alkanes) is 14. The summed E-state index contributed by atoms with van der Waals surface area (Å²) in [6, 6.07) is 27.1. The molecule has 0 spiro atoms. The molecule has 3 rings (SSSR count). The van der Waals surface area contributed by atoms with Crippen LogP contribution in [-0.4, -0.2) is 32.0 Å². The summed E-state index contributed by atoms with van der Waals surface area (Å²) in [5.74, 6) is 1.67. The second-order valence-corrected chi connectivity index (χ2v) is 12.5. The molecule has 0 aliphatic rings. The minimum atomic E-state index is -0.724.